The summed E-state index contributed by atoms with van der Waals surface area (Å²) in [4.78, 5) is 0. The van der Waals surface area contributed by atoms with Crippen molar-refractivity contribution in [3.8, 4) is 5.75 Å². The maximum atomic E-state index is 6.22. The van der Waals surface area contributed by atoms with Gasteiger partial charge < -0.3 is 10.1 Å². The Hall–Kier alpha value is -1.02. The first-order valence-corrected chi connectivity index (χ1v) is 6.49. The summed E-state index contributed by atoms with van der Waals surface area (Å²) in [6.45, 7) is 6.74. The molecule has 0 saturated heterocycles. The van der Waals surface area contributed by atoms with Gasteiger partial charge in [0.15, 0.2) is 0 Å². The Morgan fingerprint density at radius 2 is 2.12 bits per heavy atom. The highest BCUT2D eigenvalue weighted by atomic mass is 16.5. The molecule has 2 unspecified atom stereocenters. The fourth-order valence-electron chi connectivity index (χ4n) is 2.96. The number of fused-ring (bicyclic) bond motifs is 1. The van der Waals surface area contributed by atoms with E-state index in [1.807, 2.05) is 13.1 Å². The molecule has 2 heteroatoms. The van der Waals surface area contributed by atoms with Crippen molar-refractivity contribution in [3.05, 3.63) is 29.8 Å². The van der Waals surface area contributed by atoms with Crippen molar-refractivity contribution >= 4 is 0 Å². The van der Waals surface area contributed by atoms with Gasteiger partial charge in [-0.05, 0) is 32.4 Å². The van der Waals surface area contributed by atoms with Gasteiger partial charge in [-0.25, -0.2) is 0 Å². The van der Waals surface area contributed by atoms with Gasteiger partial charge in [0.05, 0.1) is 0 Å². The van der Waals surface area contributed by atoms with Crippen LogP contribution in [0.4, 0.5) is 0 Å². The van der Waals surface area contributed by atoms with E-state index in [4.69, 9.17) is 4.74 Å². The number of rotatable bonds is 3. The minimum absolute atomic E-state index is 0.0454. The van der Waals surface area contributed by atoms with Gasteiger partial charge in [0.25, 0.3) is 0 Å². The quantitative estimate of drug-likeness (QED) is 0.862. The lowest BCUT2D eigenvalue weighted by atomic mass is 9.83. The topological polar surface area (TPSA) is 21.3 Å². The fourth-order valence-corrected chi connectivity index (χ4v) is 2.96. The lowest BCUT2D eigenvalue weighted by Crippen LogP contribution is -2.42. The summed E-state index contributed by atoms with van der Waals surface area (Å²) < 4.78 is 6.22. The average molecular weight is 233 g/mol. The Balaban J connectivity index is 2.29. The largest absolute Gasteiger partial charge is 0.487 e. The van der Waals surface area contributed by atoms with Crippen molar-refractivity contribution in [2.75, 3.05) is 7.05 Å². The van der Waals surface area contributed by atoms with Crippen molar-refractivity contribution in [1.29, 1.82) is 0 Å². The zero-order chi connectivity index (χ0) is 12.5. The van der Waals surface area contributed by atoms with Gasteiger partial charge in [-0.2, -0.15) is 0 Å². The number of ether oxygens (including phenoxy) is 1. The molecular weight excluding hydrogens is 210 g/mol. The SMILES string of the molecule is CNC1CC(C)(CC(C)C)Oc2ccccc21. The van der Waals surface area contributed by atoms with E-state index in [1.54, 1.807) is 0 Å². The van der Waals surface area contributed by atoms with E-state index >= 15 is 0 Å². The van der Waals surface area contributed by atoms with E-state index < -0.39 is 0 Å². The highest BCUT2D eigenvalue weighted by Crippen LogP contribution is 2.41. The molecule has 1 aromatic rings. The lowest BCUT2D eigenvalue weighted by Gasteiger charge is -2.41. The zero-order valence-electron chi connectivity index (χ0n) is 11.3. The summed E-state index contributed by atoms with van der Waals surface area (Å²) in [5.41, 5.74) is 1.24. The Kier molecular flexibility index (Phi) is 3.43. The molecule has 1 aliphatic heterocycles. The molecule has 0 fully saturated rings. The van der Waals surface area contributed by atoms with Gasteiger partial charge in [0.1, 0.15) is 11.4 Å². The van der Waals surface area contributed by atoms with E-state index in [9.17, 15) is 0 Å². The van der Waals surface area contributed by atoms with Crippen LogP contribution in [0.2, 0.25) is 0 Å². The van der Waals surface area contributed by atoms with E-state index in [-0.39, 0.29) is 5.60 Å². The summed E-state index contributed by atoms with van der Waals surface area (Å²) in [7, 11) is 2.03. The van der Waals surface area contributed by atoms with Crippen LogP contribution < -0.4 is 10.1 Å². The minimum Gasteiger partial charge on any atom is -0.487 e. The van der Waals surface area contributed by atoms with Crippen LogP contribution in [0.3, 0.4) is 0 Å². The van der Waals surface area contributed by atoms with Gasteiger partial charge in [0.2, 0.25) is 0 Å². The van der Waals surface area contributed by atoms with Crippen molar-refractivity contribution < 1.29 is 4.74 Å². The molecular formula is C15H23NO. The Bertz CT molecular complexity index is 388. The summed E-state index contributed by atoms with van der Waals surface area (Å²) in [6.07, 6.45) is 2.14. The third-order valence-corrected chi connectivity index (χ3v) is 3.48. The summed E-state index contributed by atoms with van der Waals surface area (Å²) >= 11 is 0. The summed E-state index contributed by atoms with van der Waals surface area (Å²) in [6, 6.07) is 8.77. The molecule has 1 N–H and O–H groups in total. The van der Waals surface area contributed by atoms with Crippen LogP contribution in [0.25, 0.3) is 0 Å². The van der Waals surface area contributed by atoms with E-state index in [0.717, 1.165) is 18.6 Å². The molecule has 0 saturated carbocycles. The van der Waals surface area contributed by atoms with E-state index in [0.29, 0.717) is 12.0 Å². The molecule has 1 aromatic carbocycles. The van der Waals surface area contributed by atoms with Gasteiger partial charge in [0, 0.05) is 18.0 Å². The third-order valence-electron chi connectivity index (χ3n) is 3.48. The standard InChI is InChI=1S/C15H23NO/c1-11(2)9-15(3)10-13(16-4)12-7-5-6-8-14(12)17-15/h5-8,11,13,16H,9-10H2,1-4H3. The van der Waals surface area contributed by atoms with Crippen LogP contribution in [0, 0.1) is 5.92 Å². The second kappa shape index (κ2) is 4.69. The van der Waals surface area contributed by atoms with Crippen LogP contribution in [-0.2, 0) is 0 Å². The van der Waals surface area contributed by atoms with Gasteiger partial charge in [-0.3, -0.25) is 0 Å². The number of nitrogens with one attached hydrogen (secondary N) is 1. The van der Waals surface area contributed by atoms with Crippen LogP contribution in [-0.4, -0.2) is 12.6 Å². The van der Waals surface area contributed by atoms with Crippen LogP contribution in [0.5, 0.6) is 5.75 Å². The molecule has 2 rings (SSSR count). The number of benzene rings is 1. The van der Waals surface area contributed by atoms with Crippen LogP contribution in [0.15, 0.2) is 24.3 Å². The molecule has 0 bridgehead atoms. The van der Waals surface area contributed by atoms with Gasteiger partial charge >= 0.3 is 0 Å². The minimum atomic E-state index is -0.0454. The van der Waals surface area contributed by atoms with Gasteiger partial charge in [-0.15, -0.1) is 0 Å². The zero-order valence-corrected chi connectivity index (χ0v) is 11.3. The van der Waals surface area contributed by atoms with E-state index in [2.05, 4.69) is 44.3 Å². The average Bonchev–Trinajstić information content (AvgIpc) is 2.26. The van der Waals surface area contributed by atoms with Crippen molar-refractivity contribution in [2.24, 2.45) is 5.92 Å². The molecule has 2 nitrogen and oxygen atoms in total. The highest BCUT2D eigenvalue weighted by molar-refractivity contribution is 5.38. The first kappa shape index (κ1) is 12.4. The Morgan fingerprint density at radius 3 is 2.76 bits per heavy atom. The lowest BCUT2D eigenvalue weighted by molar-refractivity contribution is 0.0297. The van der Waals surface area contributed by atoms with Crippen molar-refractivity contribution in [1.82, 2.24) is 5.32 Å². The number of hydrogen-bond donors (Lipinski definition) is 1. The molecule has 0 spiro atoms. The van der Waals surface area contributed by atoms with Crippen LogP contribution >= 0.6 is 0 Å². The molecule has 1 heterocycles. The number of para-hydroxylation sites is 1. The first-order chi connectivity index (χ1) is 8.04. The smallest absolute Gasteiger partial charge is 0.124 e. The molecule has 0 aromatic heterocycles. The Morgan fingerprint density at radius 1 is 1.41 bits per heavy atom. The monoisotopic (exact) mass is 233 g/mol. The molecule has 0 radical (unpaired) electrons. The molecule has 0 amide bonds. The van der Waals surface area contributed by atoms with E-state index in [1.165, 1.54) is 5.56 Å². The molecule has 1 aliphatic rings. The fraction of sp³-hybridized carbons (Fsp3) is 0.600. The molecule has 94 valence electrons. The summed E-state index contributed by atoms with van der Waals surface area (Å²) in [5, 5.41) is 3.41. The molecule has 2 atom stereocenters. The predicted octanol–water partition coefficient (Wildman–Crippen LogP) is 3.53. The van der Waals surface area contributed by atoms with Crippen LogP contribution in [0.1, 0.15) is 45.2 Å². The second-order valence-electron chi connectivity index (χ2n) is 5.73. The second-order valence-corrected chi connectivity index (χ2v) is 5.73. The highest BCUT2D eigenvalue weighted by Gasteiger charge is 2.36. The van der Waals surface area contributed by atoms with Crippen molar-refractivity contribution in [3.63, 3.8) is 0 Å². The maximum absolute atomic E-state index is 6.22. The van der Waals surface area contributed by atoms with Gasteiger partial charge in [-0.1, -0.05) is 32.0 Å². The number of hydrogen-bond acceptors (Lipinski definition) is 2. The normalized spacial score (nSPS) is 27.7. The van der Waals surface area contributed by atoms with Crippen molar-refractivity contribution in [2.45, 2.75) is 45.3 Å². The third kappa shape index (κ3) is 2.63. The molecule has 0 aliphatic carbocycles. The predicted molar refractivity (Wildman–Crippen MR) is 71.3 cm³/mol. The molecule has 17 heavy (non-hydrogen) atoms. The maximum Gasteiger partial charge on any atom is 0.124 e. The first-order valence-electron chi connectivity index (χ1n) is 6.49. The Labute approximate surface area is 104 Å². The summed E-state index contributed by atoms with van der Waals surface area (Å²) in [5.74, 6) is 1.70.